The van der Waals surface area contributed by atoms with E-state index >= 15 is 0 Å². The van der Waals surface area contributed by atoms with Crippen LogP contribution in [0.4, 0.5) is 0 Å². The molecule has 0 amide bonds. The molecule has 1 aromatic rings. The average molecular weight is 233 g/mol. The van der Waals surface area contributed by atoms with Crippen LogP contribution in [0, 0.1) is 6.42 Å². The summed E-state index contributed by atoms with van der Waals surface area (Å²) in [5.41, 5.74) is 1.06. The van der Waals surface area contributed by atoms with Crippen LogP contribution in [0.5, 0.6) is 0 Å². The molecule has 0 aliphatic carbocycles. The molecule has 0 aliphatic heterocycles. The highest BCUT2D eigenvalue weighted by Gasteiger charge is 2.09. The third-order valence-corrected chi connectivity index (χ3v) is 2.27. The van der Waals surface area contributed by atoms with Crippen molar-refractivity contribution in [3.63, 3.8) is 0 Å². The second kappa shape index (κ2) is 7.60. The molecule has 0 aliphatic rings. The average Bonchev–Trinajstić information content (AvgIpc) is 2.35. The summed E-state index contributed by atoms with van der Waals surface area (Å²) < 4.78 is 4.64. The Kier molecular flexibility index (Phi) is 6.00. The van der Waals surface area contributed by atoms with E-state index in [1.165, 1.54) is 6.42 Å². The van der Waals surface area contributed by atoms with Gasteiger partial charge in [-0.15, -0.1) is 0 Å². The van der Waals surface area contributed by atoms with Gasteiger partial charge in [-0.1, -0.05) is 43.7 Å². The Morgan fingerprint density at radius 1 is 1.24 bits per heavy atom. The highest BCUT2D eigenvalue weighted by molar-refractivity contribution is 5.90. The number of ether oxygens (including phenoxy) is 1. The maximum Gasteiger partial charge on any atom is 0.317 e. The number of carbonyl (C=O) groups excluding carboxylic acids is 2. The minimum absolute atomic E-state index is 0.232. The zero-order valence-corrected chi connectivity index (χ0v) is 10.0. The van der Waals surface area contributed by atoms with Gasteiger partial charge in [-0.2, -0.15) is 0 Å². The smallest absolute Gasteiger partial charge is 0.317 e. The largest absolute Gasteiger partial charge is 0.393 e. The van der Waals surface area contributed by atoms with Crippen molar-refractivity contribution >= 4 is 11.9 Å². The molecule has 0 atom stereocenters. The van der Waals surface area contributed by atoms with Crippen molar-refractivity contribution in [2.24, 2.45) is 0 Å². The van der Waals surface area contributed by atoms with Gasteiger partial charge >= 0.3 is 11.9 Å². The molecule has 1 aromatic carbocycles. The van der Waals surface area contributed by atoms with Gasteiger partial charge < -0.3 is 4.74 Å². The molecule has 0 bridgehead atoms. The first kappa shape index (κ1) is 13.4. The number of carbonyl (C=O) groups is 2. The third kappa shape index (κ3) is 5.85. The van der Waals surface area contributed by atoms with E-state index in [9.17, 15) is 9.59 Å². The molecule has 0 unspecified atom stereocenters. The summed E-state index contributed by atoms with van der Waals surface area (Å²) in [6.45, 7) is 1.96. The quantitative estimate of drug-likeness (QED) is 0.560. The molecule has 91 valence electrons. The van der Waals surface area contributed by atoms with Crippen LogP contribution in [0.1, 0.15) is 31.7 Å². The van der Waals surface area contributed by atoms with Gasteiger partial charge in [0.1, 0.15) is 0 Å². The predicted octanol–water partition coefficient (Wildman–Crippen LogP) is 2.69. The summed E-state index contributed by atoms with van der Waals surface area (Å²) in [5.74, 6) is -1.00. The Morgan fingerprint density at radius 2 is 1.94 bits per heavy atom. The van der Waals surface area contributed by atoms with Crippen molar-refractivity contribution in [3.8, 4) is 0 Å². The van der Waals surface area contributed by atoms with E-state index in [4.69, 9.17) is 0 Å². The topological polar surface area (TPSA) is 43.4 Å². The van der Waals surface area contributed by atoms with Gasteiger partial charge in [0.2, 0.25) is 0 Å². The normalized spacial score (nSPS) is 9.94. The van der Waals surface area contributed by atoms with E-state index in [0.717, 1.165) is 12.0 Å². The van der Waals surface area contributed by atoms with E-state index in [1.807, 2.05) is 37.3 Å². The number of esters is 2. The van der Waals surface area contributed by atoms with Gasteiger partial charge in [0.15, 0.2) is 0 Å². The van der Waals surface area contributed by atoms with Crippen molar-refractivity contribution < 1.29 is 14.3 Å². The summed E-state index contributed by atoms with van der Waals surface area (Å²) in [6, 6.07) is 9.64. The first-order chi connectivity index (χ1) is 8.22. The Balaban J connectivity index is 2.24. The summed E-state index contributed by atoms with van der Waals surface area (Å²) >= 11 is 0. The maximum atomic E-state index is 11.3. The van der Waals surface area contributed by atoms with Crippen molar-refractivity contribution in [2.45, 2.75) is 32.6 Å². The van der Waals surface area contributed by atoms with Gasteiger partial charge in [-0.25, -0.2) is 0 Å². The monoisotopic (exact) mass is 233 g/mol. The number of benzene rings is 1. The zero-order valence-electron chi connectivity index (χ0n) is 10.0. The lowest BCUT2D eigenvalue weighted by molar-refractivity contribution is -0.157. The molecule has 0 spiro atoms. The minimum atomic E-state index is -0.537. The summed E-state index contributed by atoms with van der Waals surface area (Å²) in [7, 11) is 0. The van der Waals surface area contributed by atoms with Crippen LogP contribution in [0.2, 0.25) is 0 Å². The summed E-state index contributed by atoms with van der Waals surface area (Å²) in [6.07, 6.45) is 3.75. The van der Waals surface area contributed by atoms with E-state index in [1.54, 1.807) is 0 Å². The Hall–Kier alpha value is -1.64. The van der Waals surface area contributed by atoms with Gasteiger partial charge in [0.25, 0.3) is 0 Å². The molecule has 0 saturated carbocycles. The third-order valence-electron chi connectivity index (χ3n) is 2.27. The second-order valence-electron chi connectivity index (χ2n) is 3.77. The molecule has 0 N–H and O–H groups in total. The number of rotatable bonds is 6. The summed E-state index contributed by atoms with van der Waals surface area (Å²) in [4.78, 5) is 22.5. The van der Waals surface area contributed by atoms with E-state index in [0.29, 0.717) is 12.8 Å². The standard InChI is InChI=1S/C14H17O3/c1-2-3-9-13(15)17-14(16)11-10-12-7-5-4-6-8-12/h4-9H,2-3,10-11H2,1H3. The van der Waals surface area contributed by atoms with Crippen molar-refractivity contribution in [2.75, 3.05) is 0 Å². The van der Waals surface area contributed by atoms with Crippen molar-refractivity contribution in [3.05, 3.63) is 42.3 Å². The highest BCUT2D eigenvalue weighted by Crippen LogP contribution is 2.04. The van der Waals surface area contributed by atoms with Crippen LogP contribution in [0.15, 0.2) is 30.3 Å². The fourth-order valence-electron chi connectivity index (χ4n) is 1.36. The molecule has 17 heavy (non-hydrogen) atoms. The molecule has 0 saturated heterocycles. The Labute approximate surface area is 102 Å². The predicted molar refractivity (Wildman–Crippen MR) is 65.1 cm³/mol. The number of hydrogen-bond acceptors (Lipinski definition) is 3. The molecule has 0 aromatic heterocycles. The van der Waals surface area contributed by atoms with Crippen LogP contribution in [0.3, 0.4) is 0 Å². The first-order valence-electron chi connectivity index (χ1n) is 5.84. The SMILES string of the molecule is CCC[CH]C(=O)OC(=O)CCc1ccccc1. The molecule has 3 heteroatoms. The van der Waals surface area contributed by atoms with Crippen molar-refractivity contribution in [1.29, 1.82) is 0 Å². The van der Waals surface area contributed by atoms with Crippen molar-refractivity contribution in [1.82, 2.24) is 0 Å². The fourth-order valence-corrected chi connectivity index (χ4v) is 1.36. The van der Waals surface area contributed by atoms with Crippen LogP contribution in [0.25, 0.3) is 0 Å². The van der Waals surface area contributed by atoms with Crippen LogP contribution < -0.4 is 0 Å². The fraction of sp³-hybridized carbons (Fsp3) is 0.357. The summed E-state index contributed by atoms with van der Waals surface area (Å²) in [5, 5.41) is 0. The molecule has 1 rings (SSSR count). The number of hydrogen-bond donors (Lipinski definition) is 0. The Bertz CT molecular complexity index is 357. The van der Waals surface area contributed by atoms with Gasteiger partial charge in [-0.05, 0) is 18.4 Å². The van der Waals surface area contributed by atoms with Crippen LogP contribution in [-0.4, -0.2) is 11.9 Å². The van der Waals surface area contributed by atoms with Crippen LogP contribution in [-0.2, 0) is 20.7 Å². The van der Waals surface area contributed by atoms with Gasteiger partial charge in [0.05, 0.1) is 12.8 Å². The minimum Gasteiger partial charge on any atom is -0.393 e. The molecule has 3 nitrogen and oxygen atoms in total. The van der Waals surface area contributed by atoms with Gasteiger partial charge in [0, 0.05) is 0 Å². The zero-order chi connectivity index (χ0) is 12.5. The lowest BCUT2D eigenvalue weighted by atomic mass is 10.1. The molecule has 1 radical (unpaired) electrons. The lowest BCUT2D eigenvalue weighted by Gasteiger charge is -2.02. The van der Waals surface area contributed by atoms with E-state index in [2.05, 4.69) is 4.74 Å². The van der Waals surface area contributed by atoms with Gasteiger partial charge in [-0.3, -0.25) is 9.59 Å². The number of aryl methyl sites for hydroxylation is 1. The molecular formula is C14H17O3. The molecular weight excluding hydrogens is 216 g/mol. The highest BCUT2D eigenvalue weighted by atomic mass is 16.6. The molecule has 0 fully saturated rings. The first-order valence-corrected chi connectivity index (χ1v) is 5.84. The number of unbranched alkanes of at least 4 members (excludes halogenated alkanes) is 1. The van der Waals surface area contributed by atoms with E-state index in [-0.39, 0.29) is 6.42 Å². The Morgan fingerprint density at radius 3 is 2.59 bits per heavy atom. The van der Waals surface area contributed by atoms with E-state index < -0.39 is 11.9 Å². The molecule has 0 heterocycles. The second-order valence-corrected chi connectivity index (χ2v) is 3.77. The lowest BCUT2D eigenvalue weighted by Crippen LogP contribution is -2.13. The van der Waals surface area contributed by atoms with Crippen LogP contribution >= 0.6 is 0 Å². The maximum absolute atomic E-state index is 11.3.